The predicted octanol–water partition coefficient (Wildman–Crippen LogP) is 3.04. The van der Waals surface area contributed by atoms with Crippen LogP contribution in [0.15, 0.2) is 79.1 Å². The number of nitrogens with zero attached hydrogens (tertiary/aromatic N) is 4. The van der Waals surface area contributed by atoms with Crippen molar-refractivity contribution in [1.29, 1.82) is 0 Å². The summed E-state index contributed by atoms with van der Waals surface area (Å²) in [4.78, 5) is 48.9. The number of carboxylic acids is 1. The maximum atomic E-state index is 14.6. The van der Waals surface area contributed by atoms with Gasteiger partial charge in [-0.3, -0.25) is 19.2 Å². The lowest BCUT2D eigenvalue weighted by molar-refractivity contribution is -0.135. The molecule has 220 valence electrons. The van der Waals surface area contributed by atoms with E-state index in [2.05, 4.69) is 31.5 Å². The van der Waals surface area contributed by atoms with Gasteiger partial charge in [-0.25, -0.2) is 4.39 Å². The van der Waals surface area contributed by atoms with Crippen molar-refractivity contribution in [2.75, 3.05) is 11.9 Å². The number of benzene rings is 3. The molecule has 0 aliphatic carbocycles. The van der Waals surface area contributed by atoms with E-state index in [1.807, 2.05) is 30.3 Å². The van der Waals surface area contributed by atoms with E-state index >= 15 is 0 Å². The van der Waals surface area contributed by atoms with E-state index < -0.39 is 42.1 Å². The highest BCUT2D eigenvalue weighted by molar-refractivity contribution is 6.30. The van der Waals surface area contributed by atoms with Crippen LogP contribution in [0.4, 0.5) is 10.1 Å². The minimum Gasteiger partial charge on any atom is -0.480 e. The van der Waals surface area contributed by atoms with Crippen molar-refractivity contribution in [2.24, 2.45) is 0 Å². The van der Waals surface area contributed by atoms with E-state index in [-0.39, 0.29) is 17.7 Å². The van der Waals surface area contributed by atoms with E-state index in [0.717, 1.165) is 17.7 Å². The average Bonchev–Trinajstić information content (AvgIpc) is 3.52. The van der Waals surface area contributed by atoms with Crippen molar-refractivity contribution in [2.45, 2.75) is 18.9 Å². The van der Waals surface area contributed by atoms with E-state index in [1.165, 1.54) is 29.2 Å². The van der Waals surface area contributed by atoms with Gasteiger partial charge in [0.25, 0.3) is 5.91 Å². The maximum Gasteiger partial charge on any atom is 0.322 e. The molecular weight excluding hydrogens is 581 g/mol. The molecule has 1 heterocycles. The highest BCUT2D eigenvalue weighted by Crippen LogP contribution is 2.20. The van der Waals surface area contributed by atoms with Crippen molar-refractivity contribution in [3.8, 4) is 5.69 Å². The predicted molar refractivity (Wildman–Crippen MR) is 155 cm³/mol. The Morgan fingerprint density at radius 2 is 1.84 bits per heavy atom. The lowest BCUT2D eigenvalue weighted by Gasteiger charge is -2.18. The van der Waals surface area contributed by atoms with Crippen LogP contribution in [0.25, 0.3) is 11.8 Å². The van der Waals surface area contributed by atoms with Gasteiger partial charge < -0.3 is 21.1 Å². The molecule has 43 heavy (non-hydrogen) atoms. The number of nitrogens with one attached hydrogen (secondary N) is 3. The minimum absolute atomic E-state index is 0.0387. The van der Waals surface area contributed by atoms with Crippen molar-refractivity contribution >= 4 is 47.1 Å². The Kier molecular flexibility index (Phi) is 10.3. The SMILES string of the molecule is O=C(O)CNC(=O)c1ccc(NC(=O)[C@H](CCc2ccccc2)NC(=O)/C=C/c2cc(Cl)ccc2-n2cnnn2)cc1F. The third-order valence-corrected chi connectivity index (χ3v) is 6.31. The fraction of sp³-hybridized carbons (Fsp3) is 0.138. The smallest absolute Gasteiger partial charge is 0.322 e. The van der Waals surface area contributed by atoms with Gasteiger partial charge in [-0.1, -0.05) is 41.9 Å². The first-order valence-corrected chi connectivity index (χ1v) is 13.2. The second kappa shape index (κ2) is 14.5. The Bertz CT molecular complexity index is 1650. The molecular formula is C29H25ClFN7O5. The van der Waals surface area contributed by atoms with Crippen LogP contribution in [0, 0.1) is 5.82 Å². The first kappa shape index (κ1) is 30.5. The first-order chi connectivity index (χ1) is 20.7. The first-order valence-electron chi connectivity index (χ1n) is 12.9. The molecule has 4 aromatic rings. The van der Waals surface area contributed by atoms with Gasteiger partial charge in [-0.05, 0) is 71.3 Å². The summed E-state index contributed by atoms with van der Waals surface area (Å²) in [5.41, 5.74) is 1.71. The molecule has 0 spiro atoms. The normalized spacial score (nSPS) is 11.6. The van der Waals surface area contributed by atoms with Crippen LogP contribution in [0.1, 0.15) is 27.9 Å². The number of rotatable bonds is 12. The highest BCUT2D eigenvalue weighted by Gasteiger charge is 2.21. The van der Waals surface area contributed by atoms with Crippen LogP contribution < -0.4 is 16.0 Å². The molecule has 0 aliphatic heterocycles. The number of aliphatic carboxylic acids is 1. The molecule has 0 saturated carbocycles. The molecule has 1 aromatic heterocycles. The van der Waals surface area contributed by atoms with Crippen LogP contribution in [0.5, 0.6) is 0 Å². The summed E-state index contributed by atoms with van der Waals surface area (Å²) in [5.74, 6) is -4.35. The Balaban J connectivity index is 1.49. The summed E-state index contributed by atoms with van der Waals surface area (Å²) in [7, 11) is 0. The lowest BCUT2D eigenvalue weighted by atomic mass is 10.0. The summed E-state index contributed by atoms with van der Waals surface area (Å²) in [6.07, 6.45) is 4.82. The summed E-state index contributed by atoms with van der Waals surface area (Å²) in [6, 6.07) is 16.7. The molecule has 3 aromatic carbocycles. The number of hydrogen-bond acceptors (Lipinski definition) is 7. The molecule has 0 unspecified atom stereocenters. The largest absolute Gasteiger partial charge is 0.480 e. The summed E-state index contributed by atoms with van der Waals surface area (Å²) >= 11 is 6.14. The van der Waals surface area contributed by atoms with Gasteiger partial charge in [-0.2, -0.15) is 4.68 Å². The van der Waals surface area contributed by atoms with Gasteiger partial charge in [0.05, 0.1) is 11.3 Å². The Labute approximate surface area is 249 Å². The number of anilines is 1. The van der Waals surface area contributed by atoms with Crippen LogP contribution in [0.3, 0.4) is 0 Å². The molecule has 3 amide bonds. The zero-order valence-electron chi connectivity index (χ0n) is 22.4. The molecule has 4 N–H and O–H groups in total. The molecule has 0 radical (unpaired) electrons. The van der Waals surface area contributed by atoms with Gasteiger partial charge in [-0.15, -0.1) is 5.10 Å². The summed E-state index contributed by atoms with van der Waals surface area (Å²) in [6.45, 7) is -0.676. The fourth-order valence-electron chi connectivity index (χ4n) is 4.01. The molecule has 4 rings (SSSR count). The molecule has 0 bridgehead atoms. The van der Waals surface area contributed by atoms with Crippen LogP contribution in [-0.4, -0.2) is 61.6 Å². The Hall–Kier alpha value is -5.43. The number of aryl methyl sites for hydroxylation is 1. The van der Waals surface area contributed by atoms with Gasteiger partial charge in [0.15, 0.2) is 0 Å². The summed E-state index contributed by atoms with van der Waals surface area (Å²) in [5, 5.41) is 27.5. The van der Waals surface area contributed by atoms with Crippen molar-refractivity contribution in [3.05, 3.63) is 107 Å². The van der Waals surface area contributed by atoms with Gasteiger partial charge in [0, 0.05) is 22.3 Å². The number of hydrogen-bond donors (Lipinski definition) is 4. The average molecular weight is 606 g/mol. The zero-order valence-corrected chi connectivity index (χ0v) is 23.2. The monoisotopic (exact) mass is 605 g/mol. The van der Waals surface area contributed by atoms with E-state index in [0.29, 0.717) is 22.7 Å². The van der Waals surface area contributed by atoms with Crippen LogP contribution in [-0.2, 0) is 20.8 Å². The number of carboxylic acid groups (broad SMARTS) is 1. The van der Waals surface area contributed by atoms with Crippen molar-refractivity contribution < 1.29 is 28.7 Å². The topological polar surface area (TPSA) is 168 Å². The van der Waals surface area contributed by atoms with Crippen LogP contribution in [0.2, 0.25) is 5.02 Å². The maximum absolute atomic E-state index is 14.6. The van der Waals surface area contributed by atoms with E-state index in [4.69, 9.17) is 16.7 Å². The quantitative estimate of drug-likeness (QED) is 0.179. The lowest BCUT2D eigenvalue weighted by Crippen LogP contribution is -2.43. The van der Waals surface area contributed by atoms with E-state index in [1.54, 1.807) is 18.2 Å². The second-order valence-electron chi connectivity index (χ2n) is 9.14. The van der Waals surface area contributed by atoms with Gasteiger partial charge in [0.1, 0.15) is 24.7 Å². The molecule has 0 saturated heterocycles. The number of carbonyl (C=O) groups is 4. The Morgan fingerprint density at radius 1 is 1.05 bits per heavy atom. The molecule has 12 nitrogen and oxygen atoms in total. The van der Waals surface area contributed by atoms with Crippen molar-refractivity contribution in [1.82, 2.24) is 30.8 Å². The number of carbonyl (C=O) groups excluding carboxylic acids is 3. The fourth-order valence-corrected chi connectivity index (χ4v) is 4.19. The Morgan fingerprint density at radius 3 is 2.53 bits per heavy atom. The third-order valence-electron chi connectivity index (χ3n) is 6.08. The summed E-state index contributed by atoms with van der Waals surface area (Å²) < 4.78 is 16.0. The molecule has 0 fully saturated rings. The van der Waals surface area contributed by atoms with Gasteiger partial charge >= 0.3 is 5.97 Å². The molecule has 1 atom stereocenters. The van der Waals surface area contributed by atoms with Gasteiger partial charge in [0.2, 0.25) is 11.8 Å². The minimum atomic E-state index is -1.28. The number of tetrazole rings is 1. The standard InChI is InChI=1S/C29H25ClFN7O5/c30-20-8-12-25(38-17-33-36-37-38)19(14-20)7-13-26(39)35-24(11-6-18-4-2-1-3-5-18)29(43)34-21-9-10-22(23(31)15-21)28(42)32-16-27(40)41/h1-5,7-10,12-15,17,24H,6,11,16H2,(H,32,42)(H,34,43)(H,35,39)(H,40,41)/b13-7+/t24-/m0/s1. The zero-order chi connectivity index (χ0) is 30.8. The number of amides is 3. The number of aromatic nitrogens is 4. The second-order valence-corrected chi connectivity index (χ2v) is 9.57. The third kappa shape index (κ3) is 8.78. The number of halogens is 2. The highest BCUT2D eigenvalue weighted by atomic mass is 35.5. The van der Waals surface area contributed by atoms with E-state index in [9.17, 15) is 23.6 Å². The van der Waals surface area contributed by atoms with Crippen LogP contribution >= 0.6 is 11.6 Å². The molecule has 14 heteroatoms. The molecule has 0 aliphatic rings. The van der Waals surface area contributed by atoms with Crippen molar-refractivity contribution in [3.63, 3.8) is 0 Å².